The summed E-state index contributed by atoms with van der Waals surface area (Å²) < 4.78 is 26.4. The van der Waals surface area contributed by atoms with Gasteiger partial charge in [0.05, 0.1) is 12.3 Å². The fourth-order valence-corrected chi connectivity index (χ4v) is 3.50. The van der Waals surface area contributed by atoms with Crippen molar-refractivity contribution in [3.8, 4) is 0 Å². The van der Waals surface area contributed by atoms with E-state index in [1.54, 1.807) is 0 Å². The van der Waals surface area contributed by atoms with E-state index in [0.717, 1.165) is 29.7 Å². The zero-order chi connectivity index (χ0) is 16.9. The van der Waals surface area contributed by atoms with Gasteiger partial charge < -0.3 is 11.1 Å². The number of nitrogens with one attached hydrogen (secondary N) is 2. The standard InChI is InChI=1S/C16H26N4O2S.HI/c1-12-8-13(2)10-15(9-12)20-16(17)18-6-7-23(21,22)19-11-14-4-3-5-14;/h8-10,14,19H,3-7,11H2,1-2H3,(H3,17,18,20);1H. The Bertz CT molecular complexity index is 652. The summed E-state index contributed by atoms with van der Waals surface area (Å²) in [4.78, 5) is 4.09. The van der Waals surface area contributed by atoms with Crippen molar-refractivity contribution in [3.63, 3.8) is 0 Å². The molecule has 0 saturated heterocycles. The predicted octanol–water partition coefficient (Wildman–Crippen LogP) is 2.37. The number of guanidine groups is 1. The van der Waals surface area contributed by atoms with E-state index in [1.165, 1.54) is 6.42 Å². The Hall–Kier alpha value is -0.870. The van der Waals surface area contributed by atoms with Crippen LogP contribution in [0.1, 0.15) is 30.4 Å². The number of hydrogen-bond donors (Lipinski definition) is 3. The fraction of sp³-hybridized carbons (Fsp3) is 0.562. The molecule has 8 heteroatoms. The van der Waals surface area contributed by atoms with E-state index in [4.69, 9.17) is 5.73 Å². The fourth-order valence-electron chi connectivity index (χ4n) is 2.53. The molecule has 0 aromatic heterocycles. The Morgan fingerprint density at radius 3 is 2.42 bits per heavy atom. The van der Waals surface area contributed by atoms with Crippen LogP contribution in [-0.4, -0.2) is 33.2 Å². The predicted molar refractivity (Wildman–Crippen MR) is 111 cm³/mol. The maximum atomic E-state index is 11.9. The monoisotopic (exact) mass is 466 g/mol. The van der Waals surface area contributed by atoms with Crippen LogP contribution in [0.5, 0.6) is 0 Å². The molecule has 1 fully saturated rings. The van der Waals surface area contributed by atoms with Gasteiger partial charge in [0, 0.05) is 12.2 Å². The number of anilines is 1. The van der Waals surface area contributed by atoms with Gasteiger partial charge in [0.25, 0.3) is 0 Å². The third-order valence-electron chi connectivity index (χ3n) is 3.95. The highest BCUT2D eigenvalue weighted by molar-refractivity contribution is 14.0. The van der Waals surface area contributed by atoms with Gasteiger partial charge >= 0.3 is 0 Å². The van der Waals surface area contributed by atoms with E-state index in [0.29, 0.717) is 12.5 Å². The molecule has 1 saturated carbocycles. The molecule has 136 valence electrons. The molecule has 4 N–H and O–H groups in total. The highest BCUT2D eigenvalue weighted by Crippen LogP contribution is 2.25. The van der Waals surface area contributed by atoms with E-state index in [-0.39, 0.29) is 42.2 Å². The summed E-state index contributed by atoms with van der Waals surface area (Å²) >= 11 is 0. The number of aliphatic imine (C=N–C) groups is 1. The van der Waals surface area contributed by atoms with E-state index in [1.807, 2.05) is 26.0 Å². The highest BCUT2D eigenvalue weighted by Gasteiger charge is 2.19. The highest BCUT2D eigenvalue weighted by atomic mass is 127. The molecule has 6 nitrogen and oxygen atoms in total. The van der Waals surface area contributed by atoms with Crippen LogP contribution in [0.4, 0.5) is 5.69 Å². The van der Waals surface area contributed by atoms with Gasteiger partial charge in [0.15, 0.2) is 5.96 Å². The van der Waals surface area contributed by atoms with Gasteiger partial charge in [-0.3, -0.25) is 4.99 Å². The van der Waals surface area contributed by atoms with Crippen LogP contribution in [0, 0.1) is 19.8 Å². The van der Waals surface area contributed by atoms with Crippen molar-refractivity contribution in [3.05, 3.63) is 29.3 Å². The Morgan fingerprint density at radius 1 is 1.25 bits per heavy atom. The average molecular weight is 466 g/mol. The van der Waals surface area contributed by atoms with Crippen molar-refractivity contribution >= 4 is 45.6 Å². The molecule has 2 rings (SSSR count). The molecule has 0 aliphatic heterocycles. The zero-order valence-corrected chi connectivity index (χ0v) is 17.4. The van der Waals surface area contributed by atoms with Gasteiger partial charge in [-0.25, -0.2) is 13.1 Å². The number of benzene rings is 1. The maximum absolute atomic E-state index is 11.9. The van der Waals surface area contributed by atoms with E-state index < -0.39 is 10.0 Å². The van der Waals surface area contributed by atoms with E-state index in [2.05, 4.69) is 21.1 Å². The second-order valence-corrected chi connectivity index (χ2v) is 8.16. The van der Waals surface area contributed by atoms with Crippen molar-refractivity contribution in [2.75, 3.05) is 24.2 Å². The maximum Gasteiger partial charge on any atom is 0.213 e. The first-order valence-corrected chi connectivity index (χ1v) is 9.62. The van der Waals surface area contributed by atoms with Gasteiger partial charge in [-0.15, -0.1) is 24.0 Å². The number of hydrogen-bond acceptors (Lipinski definition) is 3. The van der Waals surface area contributed by atoms with Gasteiger partial charge in [0.1, 0.15) is 0 Å². The third kappa shape index (κ3) is 7.35. The molecular formula is C16H27IN4O2S. The second-order valence-electron chi connectivity index (χ2n) is 6.23. The number of sulfonamides is 1. The average Bonchev–Trinajstić information content (AvgIpc) is 2.34. The largest absolute Gasteiger partial charge is 0.370 e. The summed E-state index contributed by atoms with van der Waals surface area (Å²) in [6, 6.07) is 6.00. The van der Waals surface area contributed by atoms with Crippen LogP contribution < -0.4 is 15.8 Å². The molecule has 0 unspecified atom stereocenters. The minimum atomic E-state index is -3.28. The summed E-state index contributed by atoms with van der Waals surface area (Å²) in [6.45, 7) is 4.70. The van der Waals surface area contributed by atoms with Crippen LogP contribution in [0.15, 0.2) is 23.2 Å². The molecule has 0 radical (unpaired) electrons. The lowest BCUT2D eigenvalue weighted by molar-refractivity contribution is 0.316. The Kier molecular flexibility index (Phi) is 8.44. The minimum absolute atomic E-state index is 0. The zero-order valence-electron chi connectivity index (χ0n) is 14.2. The number of nitrogens with zero attached hydrogens (tertiary/aromatic N) is 1. The summed E-state index contributed by atoms with van der Waals surface area (Å²) in [5.41, 5.74) is 8.92. The minimum Gasteiger partial charge on any atom is -0.370 e. The SMILES string of the molecule is Cc1cc(C)cc(NC(N)=NCCS(=O)(=O)NCC2CCC2)c1.I. The lowest BCUT2D eigenvalue weighted by atomic mass is 9.86. The summed E-state index contributed by atoms with van der Waals surface area (Å²) in [5, 5.41) is 2.99. The molecule has 24 heavy (non-hydrogen) atoms. The quantitative estimate of drug-likeness (QED) is 0.327. The Balaban J connectivity index is 0.00000288. The number of aryl methyl sites for hydroxylation is 2. The van der Waals surface area contributed by atoms with Crippen molar-refractivity contribution < 1.29 is 8.42 Å². The lowest BCUT2D eigenvalue weighted by Gasteiger charge is -2.25. The molecular weight excluding hydrogens is 439 g/mol. The summed E-state index contributed by atoms with van der Waals surface area (Å²) in [7, 11) is -3.28. The number of halogens is 1. The molecule has 0 bridgehead atoms. The molecule has 1 aliphatic carbocycles. The third-order valence-corrected chi connectivity index (χ3v) is 5.28. The van der Waals surface area contributed by atoms with Crippen LogP contribution >= 0.6 is 24.0 Å². The first-order chi connectivity index (χ1) is 10.8. The molecule has 0 spiro atoms. The normalized spacial score (nSPS) is 15.5. The second kappa shape index (κ2) is 9.57. The van der Waals surface area contributed by atoms with Crippen LogP contribution in [0.2, 0.25) is 0 Å². The smallest absolute Gasteiger partial charge is 0.213 e. The molecule has 1 aromatic carbocycles. The molecule has 0 heterocycles. The van der Waals surface area contributed by atoms with Crippen molar-refractivity contribution in [1.82, 2.24) is 4.72 Å². The van der Waals surface area contributed by atoms with Crippen LogP contribution in [0.25, 0.3) is 0 Å². The lowest BCUT2D eigenvalue weighted by Crippen LogP contribution is -2.34. The number of nitrogens with two attached hydrogens (primary N) is 1. The van der Waals surface area contributed by atoms with Crippen molar-refractivity contribution in [1.29, 1.82) is 0 Å². The Labute approximate surface area is 161 Å². The summed E-state index contributed by atoms with van der Waals surface area (Å²) in [5.74, 6) is 0.684. The molecule has 0 atom stereocenters. The molecule has 1 aromatic rings. The number of rotatable bonds is 7. The van der Waals surface area contributed by atoms with Gasteiger partial charge in [-0.1, -0.05) is 12.5 Å². The van der Waals surface area contributed by atoms with Gasteiger partial charge in [-0.05, 0) is 55.9 Å². The van der Waals surface area contributed by atoms with Gasteiger partial charge in [-0.2, -0.15) is 0 Å². The van der Waals surface area contributed by atoms with Gasteiger partial charge in [0.2, 0.25) is 10.0 Å². The molecule has 1 aliphatic rings. The van der Waals surface area contributed by atoms with Crippen molar-refractivity contribution in [2.24, 2.45) is 16.6 Å². The van der Waals surface area contributed by atoms with E-state index >= 15 is 0 Å². The summed E-state index contributed by atoms with van der Waals surface area (Å²) in [6.07, 6.45) is 3.44. The van der Waals surface area contributed by atoms with E-state index in [9.17, 15) is 8.42 Å². The topological polar surface area (TPSA) is 96.6 Å². The molecule has 0 amide bonds. The van der Waals surface area contributed by atoms with Crippen LogP contribution in [0.3, 0.4) is 0 Å². The first kappa shape index (κ1) is 21.2. The van der Waals surface area contributed by atoms with Crippen molar-refractivity contribution in [2.45, 2.75) is 33.1 Å². The Morgan fingerprint density at radius 2 is 1.88 bits per heavy atom. The first-order valence-electron chi connectivity index (χ1n) is 7.96. The van der Waals surface area contributed by atoms with Crippen LogP contribution in [-0.2, 0) is 10.0 Å².